The number of rotatable bonds is 5. The third-order valence-electron chi connectivity index (χ3n) is 3.68. The molecule has 5 nitrogen and oxygen atoms in total. The van der Waals surface area contributed by atoms with Crippen molar-refractivity contribution in [1.82, 2.24) is 4.90 Å². The highest BCUT2D eigenvalue weighted by molar-refractivity contribution is 5.78. The maximum absolute atomic E-state index is 12.0. The Morgan fingerprint density at radius 3 is 2.60 bits per heavy atom. The van der Waals surface area contributed by atoms with E-state index >= 15 is 0 Å². The van der Waals surface area contributed by atoms with E-state index in [0.717, 1.165) is 11.3 Å². The first kappa shape index (κ1) is 14.4. The number of nitrogens with zero attached hydrogens (tertiary/aromatic N) is 1. The van der Waals surface area contributed by atoms with Crippen LogP contribution in [0.25, 0.3) is 0 Å². The van der Waals surface area contributed by atoms with Gasteiger partial charge in [-0.1, -0.05) is 12.1 Å². The smallest absolute Gasteiger partial charge is 0.308 e. The lowest BCUT2D eigenvalue weighted by molar-refractivity contribution is -0.141. The van der Waals surface area contributed by atoms with Gasteiger partial charge in [0.05, 0.1) is 13.0 Å². The minimum absolute atomic E-state index is 0.0320. The summed E-state index contributed by atoms with van der Waals surface area (Å²) < 4.78 is 5.08. The summed E-state index contributed by atoms with van der Waals surface area (Å²) in [6.45, 7) is 0.898. The molecule has 1 amide bonds. The summed E-state index contributed by atoms with van der Waals surface area (Å²) in [6.07, 6.45) is 1.64. The van der Waals surface area contributed by atoms with Gasteiger partial charge in [-0.15, -0.1) is 0 Å². The fourth-order valence-electron chi connectivity index (χ4n) is 2.39. The first-order valence-electron chi connectivity index (χ1n) is 6.73. The first-order valence-corrected chi connectivity index (χ1v) is 6.73. The lowest BCUT2D eigenvalue weighted by atomic mass is 10.1. The van der Waals surface area contributed by atoms with Gasteiger partial charge in [0.25, 0.3) is 0 Å². The van der Waals surface area contributed by atoms with E-state index in [4.69, 9.17) is 9.84 Å². The molecule has 0 aliphatic carbocycles. The molecule has 2 rings (SSSR count). The molecule has 1 atom stereocenters. The first-order chi connectivity index (χ1) is 9.60. The van der Waals surface area contributed by atoms with Gasteiger partial charge in [-0.2, -0.15) is 0 Å². The number of aryl methyl sites for hydroxylation is 1. The second-order valence-corrected chi connectivity index (χ2v) is 5.01. The van der Waals surface area contributed by atoms with Crippen molar-refractivity contribution >= 4 is 11.9 Å². The molecule has 1 aromatic carbocycles. The van der Waals surface area contributed by atoms with Crippen LogP contribution in [0.3, 0.4) is 0 Å². The fourth-order valence-corrected chi connectivity index (χ4v) is 2.39. The number of amides is 1. The van der Waals surface area contributed by atoms with Gasteiger partial charge in [0, 0.05) is 19.5 Å². The standard InChI is InChI=1S/C15H19NO4/c1-20-13-5-2-11(3-6-13)4-7-14(17)16-9-8-12(10-16)15(18)19/h2-3,5-6,12H,4,7-10H2,1H3,(H,18,19). The molecule has 1 aliphatic heterocycles. The Hall–Kier alpha value is -2.04. The summed E-state index contributed by atoms with van der Waals surface area (Å²) in [6, 6.07) is 7.62. The van der Waals surface area contributed by atoms with E-state index < -0.39 is 11.9 Å². The van der Waals surface area contributed by atoms with Crippen molar-refractivity contribution < 1.29 is 19.4 Å². The van der Waals surface area contributed by atoms with E-state index in [1.54, 1.807) is 12.0 Å². The van der Waals surface area contributed by atoms with Gasteiger partial charge < -0.3 is 14.7 Å². The van der Waals surface area contributed by atoms with E-state index in [-0.39, 0.29) is 5.91 Å². The van der Waals surface area contributed by atoms with Crippen LogP contribution in [0.15, 0.2) is 24.3 Å². The monoisotopic (exact) mass is 277 g/mol. The second kappa shape index (κ2) is 6.41. The summed E-state index contributed by atoms with van der Waals surface area (Å²) in [5, 5.41) is 8.92. The van der Waals surface area contributed by atoms with Crippen molar-refractivity contribution in [2.75, 3.05) is 20.2 Å². The molecule has 0 aromatic heterocycles. The molecule has 108 valence electrons. The SMILES string of the molecule is COc1ccc(CCC(=O)N2CCC(C(=O)O)C2)cc1. The fraction of sp³-hybridized carbons (Fsp3) is 0.467. The topological polar surface area (TPSA) is 66.8 Å². The highest BCUT2D eigenvalue weighted by Gasteiger charge is 2.30. The Kier molecular flexibility index (Phi) is 4.61. The van der Waals surface area contributed by atoms with Crippen LogP contribution in [0.5, 0.6) is 5.75 Å². The Balaban J connectivity index is 1.81. The number of hydrogen-bond acceptors (Lipinski definition) is 3. The predicted molar refractivity (Wildman–Crippen MR) is 73.6 cm³/mol. The molecule has 0 saturated carbocycles. The van der Waals surface area contributed by atoms with E-state index in [2.05, 4.69) is 0 Å². The molecule has 1 aliphatic rings. The van der Waals surface area contributed by atoms with Crippen molar-refractivity contribution in [2.24, 2.45) is 5.92 Å². The molecule has 0 radical (unpaired) electrons. The zero-order valence-corrected chi connectivity index (χ0v) is 11.5. The summed E-state index contributed by atoms with van der Waals surface area (Å²) in [4.78, 5) is 24.5. The zero-order valence-electron chi connectivity index (χ0n) is 11.5. The number of methoxy groups -OCH3 is 1. The van der Waals surface area contributed by atoms with E-state index in [0.29, 0.717) is 32.4 Å². The van der Waals surface area contributed by atoms with Crippen molar-refractivity contribution in [3.05, 3.63) is 29.8 Å². The van der Waals surface area contributed by atoms with Gasteiger partial charge in [-0.3, -0.25) is 9.59 Å². The molecular weight excluding hydrogens is 258 g/mol. The van der Waals surface area contributed by atoms with Crippen LogP contribution in [0.1, 0.15) is 18.4 Å². The van der Waals surface area contributed by atoms with Gasteiger partial charge in [0.1, 0.15) is 5.75 Å². The van der Waals surface area contributed by atoms with Crippen molar-refractivity contribution in [3.8, 4) is 5.75 Å². The van der Waals surface area contributed by atoms with E-state index in [1.807, 2.05) is 24.3 Å². The molecule has 0 spiro atoms. The third kappa shape index (κ3) is 3.50. The molecule has 5 heteroatoms. The van der Waals surface area contributed by atoms with Crippen molar-refractivity contribution in [3.63, 3.8) is 0 Å². The molecule has 1 saturated heterocycles. The minimum atomic E-state index is -0.810. The minimum Gasteiger partial charge on any atom is -0.497 e. The maximum Gasteiger partial charge on any atom is 0.308 e. The number of hydrogen-bond donors (Lipinski definition) is 1. The molecule has 1 N–H and O–H groups in total. The number of carbonyl (C=O) groups excluding carboxylic acids is 1. The molecule has 1 heterocycles. The Morgan fingerprint density at radius 1 is 1.35 bits per heavy atom. The van der Waals surface area contributed by atoms with E-state index in [1.165, 1.54) is 0 Å². The number of benzene rings is 1. The summed E-state index contributed by atoms with van der Waals surface area (Å²) in [7, 11) is 1.62. The van der Waals surface area contributed by atoms with Crippen LogP contribution in [-0.4, -0.2) is 42.1 Å². The summed E-state index contributed by atoms with van der Waals surface area (Å²) in [5.41, 5.74) is 1.08. The van der Waals surface area contributed by atoms with Crippen LogP contribution in [-0.2, 0) is 16.0 Å². The van der Waals surface area contributed by atoms with Gasteiger partial charge >= 0.3 is 5.97 Å². The van der Waals surface area contributed by atoms with Crippen LogP contribution < -0.4 is 4.74 Å². The average molecular weight is 277 g/mol. The molecule has 1 fully saturated rings. The highest BCUT2D eigenvalue weighted by Crippen LogP contribution is 2.18. The van der Waals surface area contributed by atoms with E-state index in [9.17, 15) is 9.59 Å². The maximum atomic E-state index is 12.0. The molecular formula is C15H19NO4. The third-order valence-corrected chi connectivity index (χ3v) is 3.68. The van der Waals surface area contributed by atoms with Crippen molar-refractivity contribution in [2.45, 2.75) is 19.3 Å². The van der Waals surface area contributed by atoms with Gasteiger partial charge in [-0.05, 0) is 30.5 Å². The summed E-state index contributed by atoms with van der Waals surface area (Å²) >= 11 is 0. The largest absolute Gasteiger partial charge is 0.497 e. The Morgan fingerprint density at radius 2 is 2.05 bits per heavy atom. The average Bonchev–Trinajstić information content (AvgIpc) is 2.95. The number of aliphatic carboxylic acids is 1. The van der Waals surface area contributed by atoms with Crippen LogP contribution in [0, 0.1) is 5.92 Å². The lowest BCUT2D eigenvalue weighted by Crippen LogP contribution is -2.30. The quantitative estimate of drug-likeness (QED) is 0.887. The number of carboxylic acid groups (broad SMARTS) is 1. The van der Waals surface area contributed by atoms with Gasteiger partial charge in [0.2, 0.25) is 5.91 Å². The Labute approximate surface area is 118 Å². The predicted octanol–water partition coefficient (Wildman–Crippen LogP) is 1.56. The zero-order chi connectivity index (χ0) is 14.5. The van der Waals surface area contributed by atoms with Gasteiger partial charge in [0.15, 0.2) is 0 Å². The van der Waals surface area contributed by atoms with Crippen LogP contribution in [0.2, 0.25) is 0 Å². The second-order valence-electron chi connectivity index (χ2n) is 5.01. The van der Waals surface area contributed by atoms with Crippen LogP contribution in [0.4, 0.5) is 0 Å². The number of likely N-dealkylation sites (tertiary alicyclic amines) is 1. The molecule has 1 aromatic rings. The Bertz CT molecular complexity index is 483. The number of carbonyl (C=O) groups is 2. The number of carboxylic acids is 1. The number of ether oxygens (including phenoxy) is 1. The highest BCUT2D eigenvalue weighted by atomic mass is 16.5. The molecule has 20 heavy (non-hydrogen) atoms. The summed E-state index contributed by atoms with van der Waals surface area (Å²) in [5.74, 6) is -0.385. The van der Waals surface area contributed by atoms with Gasteiger partial charge in [-0.25, -0.2) is 0 Å². The van der Waals surface area contributed by atoms with Crippen molar-refractivity contribution in [1.29, 1.82) is 0 Å². The van der Waals surface area contributed by atoms with Crippen LogP contribution >= 0.6 is 0 Å². The molecule has 1 unspecified atom stereocenters. The molecule has 0 bridgehead atoms. The lowest BCUT2D eigenvalue weighted by Gasteiger charge is -2.15. The normalized spacial score (nSPS) is 18.1.